The summed E-state index contributed by atoms with van der Waals surface area (Å²) < 4.78 is 10.6. The fourth-order valence-corrected chi connectivity index (χ4v) is 1.53. The van der Waals surface area contributed by atoms with Crippen molar-refractivity contribution in [2.45, 2.75) is 6.61 Å². The van der Waals surface area contributed by atoms with Crippen LogP contribution in [0, 0.1) is 0 Å². The molecule has 2 aromatic rings. The molecule has 1 aromatic carbocycles. The molecule has 0 fully saturated rings. The lowest BCUT2D eigenvalue weighted by molar-refractivity contribution is 0.280. The van der Waals surface area contributed by atoms with Crippen LogP contribution in [-0.2, 0) is 6.61 Å². The number of aromatic nitrogens is 2. The van der Waals surface area contributed by atoms with Crippen molar-refractivity contribution in [3.63, 3.8) is 0 Å². The number of ether oxygens (including phenoxy) is 2. The molecule has 6 heteroatoms. The van der Waals surface area contributed by atoms with Crippen molar-refractivity contribution < 1.29 is 9.47 Å². The van der Waals surface area contributed by atoms with E-state index >= 15 is 0 Å². The summed E-state index contributed by atoms with van der Waals surface area (Å²) >= 11 is 4.85. The van der Waals surface area contributed by atoms with Gasteiger partial charge in [-0.15, -0.1) is 0 Å². The quantitative estimate of drug-likeness (QED) is 0.837. The van der Waals surface area contributed by atoms with Gasteiger partial charge in [-0.2, -0.15) is 4.98 Å². The van der Waals surface area contributed by atoms with Crippen molar-refractivity contribution in [1.29, 1.82) is 0 Å². The molecule has 5 nitrogen and oxygen atoms in total. The van der Waals surface area contributed by atoms with Crippen LogP contribution in [0.1, 0.15) is 11.3 Å². The standard InChI is InChI=1S/C13H13N3O2S/c1-17-10-4-2-9(3-5-10)8-18-13-15-7-6-11(16-13)12(14)19/h2-7H,8H2,1H3,(H2,14,19). The second-order valence-electron chi connectivity index (χ2n) is 3.73. The average Bonchev–Trinajstić information content (AvgIpc) is 2.46. The van der Waals surface area contributed by atoms with E-state index in [4.69, 9.17) is 27.4 Å². The predicted molar refractivity (Wildman–Crippen MR) is 75.2 cm³/mol. The van der Waals surface area contributed by atoms with Crippen molar-refractivity contribution in [2.75, 3.05) is 7.11 Å². The van der Waals surface area contributed by atoms with E-state index in [1.807, 2.05) is 24.3 Å². The molecule has 2 rings (SSSR count). The fourth-order valence-electron chi connectivity index (χ4n) is 1.42. The first-order valence-corrected chi connectivity index (χ1v) is 5.98. The molecule has 0 saturated heterocycles. The van der Waals surface area contributed by atoms with E-state index in [9.17, 15) is 0 Å². The molecular formula is C13H13N3O2S. The Kier molecular flexibility index (Phi) is 4.25. The minimum Gasteiger partial charge on any atom is -0.497 e. The first-order chi connectivity index (χ1) is 9.19. The van der Waals surface area contributed by atoms with E-state index in [1.54, 1.807) is 19.4 Å². The molecule has 0 saturated carbocycles. The third-order valence-electron chi connectivity index (χ3n) is 2.41. The summed E-state index contributed by atoms with van der Waals surface area (Å²) in [7, 11) is 1.63. The molecule has 0 unspecified atom stereocenters. The molecule has 0 aliphatic rings. The predicted octanol–water partition coefficient (Wildman–Crippen LogP) is 1.70. The summed E-state index contributed by atoms with van der Waals surface area (Å²) in [6.07, 6.45) is 1.56. The van der Waals surface area contributed by atoms with Crippen LogP contribution in [0.15, 0.2) is 36.5 Å². The highest BCUT2D eigenvalue weighted by molar-refractivity contribution is 7.80. The number of methoxy groups -OCH3 is 1. The fraction of sp³-hybridized carbons (Fsp3) is 0.154. The number of rotatable bonds is 5. The first kappa shape index (κ1) is 13.2. The van der Waals surface area contributed by atoms with Gasteiger partial charge in [-0.1, -0.05) is 24.4 Å². The van der Waals surface area contributed by atoms with Crippen LogP contribution in [0.4, 0.5) is 0 Å². The summed E-state index contributed by atoms with van der Waals surface area (Å²) in [5.74, 6) is 0.801. The maximum Gasteiger partial charge on any atom is 0.317 e. The SMILES string of the molecule is COc1ccc(COc2nccc(C(N)=S)n2)cc1. The highest BCUT2D eigenvalue weighted by Crippen LogP contribution is 2.13. The molecule has 1 heterocycles. The largest absolute Gasteiger partial charge is 0.497 e. The van der Waals surface area contributed by atoms with Gasteiger partial charge in [0.25, 0.3) is 0 Å². The zero-order valence-electron chi connectivity index (χ0n) is 10.4. The Bertz CT molecular complexity index is 572. The van der Waals surface area contributed by atoms with Crippen LogP contribution < -0.4 is 15.2 Å². The maximum atomic E-state index is 5.49. The van der Waals surface area contributed by atoms with Gasteiger partial charge in [0.15, 0.2) is 0 Å². The molecule has 0 aliphatic heterocycles. The van der Waals surface area contributed by atoms with Gasteiger partial charge in [-0.3, -0.25) is 0 Å². The Balaban J connectivity index is 2.01. The van der Waals surface area contributed by atoms with Gasteiger partial charge in [0.1, 0.15) is 23.0 Å². The van der Waals surface area contributed by atoms with Crippen LogP contribution in [0.3, 0.4) is 0 Å². The second-order valence-corrected chi connectivity index (χ2v) is 4.17. The van der Waals surface area contributed by atoms with E-state index in [-0.39, 0.29) is 11.0 Å². The molecule has 2 N–H and O–H groups in total. The van der Waals surface area contributed by atoms with Crippen LogP contribution >= 0.6 is 12.2 Å². The summed E-state index contributed by atoms with van der Waals surface area (Å²) in [4.78, 5) is 8.31. The Labute approximate surface area is 116 Å². The molecule has 0 radical (unpaired) electrons. The van der Waals surface area contributed by atoms with Crippen LogP contribution in [0.25, 0.3) is 0 Å². The summed E-state index contributed by atoms with van der Waals surface area (Å²) in [6, 6.07) is 9.45. The maximum absolute atomic E-state index is 5.49. The molecule has 98 valence electrons. The van der Waals surface area contributed by atoms with E-state index in [1.165, 1.54) is 0 Å². The Morgan fingerprint density at radius 3 is 2.63 bits per heavy atom. The van der Waals surface area contributed by atoms with Gasteiger partial charge >= 0.3 is 6.01 Å². The number of hydrogen-bond acceptors (Lipinski definition) is 5. The molecule has 19 heavy (non-hydrogen) atoms. The summed E-state index contributed by atoms with van der Waals surface area (Å²) in [5.41, 5.74) is 6.98. The lowest BCUT2D eigenvalue weighted by Gasteiger charge is -2.06. The zero-order chi connectivity index (χ0) is 13.7. The van der Waals surface area contributed by atoms with E-state index in [2.05, 4.69) is 9.97 Å². The number of hydrogen-bond donors (Lipinski definition) is 1. The monoisotopic (exact) mass is 275 g/mol. The molecule has 0 spiro atoms. The van der Waals surface area contributed by atoms with Crippen molar-refractivity contribution in [3.05, 3.63) is 47.8 Å². The number of thiocarbonyl (C=S) groups is 1. The Morgan fingerprint density at radius 1 is 1.26 bits per heavy atom. The van der Waals surface area contributed by atoms with Gasteiger partial charge in [0, 0.05) is 6.20 Å². The van der Waals surface area contributed by atoms with Crippen LogP contribution in [0.2, 0.25) is 0 Å². The Hall–Kier alpha value is -2.21. The molecule has 0 atom stereocenters. The molecule has 1 aromatic heterocycles. The highest BCUT2D eigenvalue weighted by atomic mass is 32.1. The highest BCUT2D eigenvalue weighted by Gasteiger charge is 2.03. The number of nitrogens with zero attached hydrogens (tertiary/aromatic N) is 2. The number of nitrogens with two attached hydrogens (primary N) is 1. The summed E-state index contributed by atoms with van der Waals surface area (Å²) in [6.45, 7) is 0.366. The van der Waals surface area contributed by atoms with Crippen LogP contribution in [-0.4, -0.2) is 22.1 Å². The smallest absolute Gasteiger partial charge is 0.317 e. The van der Waals surface area contributed by atoms with E-state index < -0.39 is 0 Å². The molecule has 0 bridgehead atoms. The molecular weight excluding hydrogens is 262 g/mol. The van der Waals surface area contributed by atoms with Gasteiger partial charge < -0.3 is 15.2 Å². The lowest BCUT2D eigenvalue weighted by atomic mass is 10.2. The minimum absolute atomic E-state index is 0.219. The van der Waals surface area contributed by atoms with Crippen molar-refractivity contribution in [2.24, 2.45) is 5.73 Å². The van der Waals surface area contributed by atoms with Gasteiger partial charge in [0.2, 0.25) is 0 Å². The minimum atomic E-state index is 0.219. The molecule has 0 aliphatic carbocycles. The lowest BCUT2D eigenvalue weighted by Crippen LogP contribution is -2.12. The zero-order valence-corrected chi connectivity index (χ0v) is 11.2. The van der Waals surface area contributed by atoms with E-state index in [0.29, 0.717) is 12.3 Å². The normalized spacial score (nSPS) is 9.95. The van der Waals surface area contributed by atoms with Gasteiger partial charge in [0.05, 0.1) is 7.11 Å². The van der Waals surface area contributed by atoms with Gasteiger partial charge in [-0.05, 0) is 23.8 Å². The molecule has 0 amide bonds. The average molecular weight is 275 g/mol. The number of benzene rings is 1. The third-order valence-corrected chi connectivity index (χ3v) is 2.62. The van der Waals surface area contributed by atoms with Crippen LogP contribution in [0.5, 0.6) is 11.8 Å². The first-order valence-electron chi connectivity index (χ1n) is 5.57. The van der Waals surface area contributed by atoms with Crippen molar-refractivity contribution in [1.82, 2.24) is 9.97 Å². The second kappa shape index (κ2) is 6.10. The summed E-state index contributed by atoms with van der Waals surface area (Å²) in [5, 5.41) is 0. The topological polar surface area (TPSA) is 70.3 Å². The van der Waals surface area contributed by atoms with Crippen molar-refractivity contribution >= 4 is 17.2 Å². The van der Waals surface area contributed by atoms with E-state index in [0.717, 1.165) is 11.3 Å². The van der Waals surface area contributed by atoms with Crippen molar-refractivity contribution in [3.8, 4) is 11.8 Å². The Morgan fingerprint density at radius 2 is 2.00 bits per heavy atom. The third kappa shape index (κ3) is 3.62. The van der Waals surface area contributed by atoms with Gasteiger partial charge in [-0.25, -0.2) is 4.98 Å².